The zero-order valence-electron chi connectivity index (χ0n) is 15.1. The van der Waals surface area contributed by atoms with Crippen molar-refractivity contribution in [3.05, 3.63) is 35.6 Å². The summed E-state index contributed by atoms with van der Waals surface area (Å²) in [6.45, 7) is 1.52. The SMILES string of the molecule is O=C(NCC1(c2ccc(F)cc2)CCOCC1)C(=O)NC1CCCCC1. The molecule has 1 saturated heterocycles. The molecule has 2 fully saturated rings. The van der Waals surface area contributed by atoms with E-state index in [1.54, 1.807) is 12.1 Å². The fraction of sp³-hybridized carbons (Fsp3) is 0.600. The van der Waals surface area contributed by atoms with Crippen molar-refractivity contribution in [2.75, 3.05) is 19.8 Å². The summed E-state index contributed by atoms with van der Waals surface area (Å²) in [4.78, 5) is 24.4. The molecular weight excluding hydrogens is 335 g/mol. The Morgan fingerprint density at radius 1 is 1.04 bits per heavy atom. The average molecular weight is 362 g/mol. The van der Waals surface area contributed by atoms with Gasteiger partial charge in [-0.3, -0.25) is 9.59 Å². The van der Waals surface area contributed by atoms with Crippen molar-refractivity contribution in [2.24, 2.45) is 0 Å². The van der Waals surface area contributed by atoms with Crippen LogP contribution in [0.5, 0.6) is 0 Å². The van der Waals surface area contributed by atoms with Gasteiger partial charge in [0.15, 0.2) is 0 Å². The van der Waals surface area contributed by atoms with Gasteiger partial charge in [-0.2, -0.15) is 0 Å². The van der Waals surface area contributed by atoms with E-state index in [0.29, 0.717) is 19.8 Å². The lowest BCUT2D eigenvalue weighted by Gasteiger charge is -2.38. The van der Waals surface area contributed by atoms with Crippen LogP contribution in [-0.4, -0.2) is 37.6 Å². The van der Waals surface area contributed by atoms with Crippen LogP contribution in [0.25, 0.3) is 0 Å². The Bertz CT molecular complexity index is 620. The van der Waals surface area contributed by atoms with Crippen LogP contribution >= 0.6 is 0 Å². The minimum atomic E-state index is -0.594. The first-order valence-electron chi connectivity index (χ1n) is 9.52. The van der Waals surface area contributed by atoms with Gasteiger partial charge in [0.2, 0.25) is 0 Å². The largest absolute Gasteiger partial charge is 0.381 e. The van der Waals surface area contributed by atoms with Gasteiger partial charge < -0.3 is 15.4 Å². The van der Waals surface area contributed by atoms with Crippen LogP contribution in [0.4, 0.5) is 4.39 Å². The maximum atomic E-state index is 13.3. The summed E-state index contributed by atoms with van der Waals surface area (Å²) in [6.07, 6.45) is 6.72. The summed E-state index contributed by atoms with van der Waals surface area (Å²) in [7, 11) is 0. The van der Waals surface area contributed by atoms with Crippen LogP contribution in [0.15, 0.2) is 24.3 Å². The molecule has 1 aliphatic heterocycles. The minimum Gasteiger partial charge on any atom is -0.381 e. The molecule has 2 N–H and O–H groups in total. The van der Waals surface area contributed by atoms with Crippen LogP contribution in [0, 0.1) is 5.82 Å². The third kappa shape index (κ3) is 4.61. The number of amides is 2. The van der Waals surface area contributed by atoms with Gasteiger partial charge in [-0.15, -0.1) is 0 Å². The Balaban J connectivity index is 1.61. The van der Waals surface area contributed by atoms with E-state index < -0.39 is 11.8 Å². The number of hydrogen-bond acceptors (Lipinski definition) is 3. The van der Waals surface area contributed by atoms with Crippen molar-refractivity contribution in [2.45, 2.75) is 56.4 Å². The third-order valence-electron chi connectivity index (χ3n) is 5.64. The Hall–Kier alpha value is -1.95. The summed E-state index contributed by atoms with van der Waals surface area (Å²) >= 11 is 0. The van der Waals surface area contributed by atoms with Gasteiger partial charge in [0.1, 0.15) is 5.82 Å². The van der Waals surface area contributed by atoms with Crippen LogP contribution in [0.1, 0.15) is 50.5 Å². The quantitative estimate of drug-likeness (QED) is 0.809. The third-order valence-corrected chi connectivity index (χ3v) is 5.64. The Labute approximate surface area is 153 Å². The Kier molecular flexibility index (Phi) is 6.25. The van der Waals surface area contributed by atoms with Crippen LogP contribution in [0.2, 0.25) is 0 Å². The first kappa shape index (κ1) is 18.8. The number of benzene rings is 1. The zero-order valence-corrected chi connectivity index (χ0v) is 15.1. The van der Waals surface area contributed by atoms with E-state index in [1.165, 1.54) is 18.6 Å². The van der Waals surface area contributed by atoms with E-state index >= 15 is 0 Å². The molecule has 0 aromatic heterocycles. The van der Waals surface area contributed by atoms with E-state index in [0.717, 1.165) is 44.1 Å². The minimum absolute atomic E-state index is 0.108. The molecule has 3 rings (SSSR count). The Morgan fingerprint density at radius 3 is 2.35 bits per heavy atom. The fourth-order valence-corrected chi connectivity index (χ4v) is 3.96. The maximum absolute atomic E-state index is 13.3. The number of carbonyl (C=O) groups excluding carboxylic acids is 2. The predicted molar refractivity (Wildman–Crippen MR) is 96.2 cm³/mol. The van der Waals surface area contributed by atoms with E-state index in [4.69, 9.17) is 4.74 Å². The summed E-state index contributed by atoms with van der Waals surface area (Å²) < 4.78 is 18.7. The lowest BCUT2D eigenvalue weighted by atomic mass is 9.74. The number of nitrogens with one attached hydrogen (secondary N) is 2. The molecule has 26 heavy (non-hydrogen) atoms. The second-order valence-electron chi connectivity index (χ2n) is 7.39. The van der Waals surface area contributed by atoms with Gasteiger partial charge in [0, 0.05) is 31.2 Å². The molecule has 1 aromatic rings. The van der Waals surface area contributed by atoms with E-state index in [2.05, 4.69) is 10.6 Å². The van der Waals surface area contributed by atoms with Gasteiger partial charge in [-0.25, -0.2) is 4.39 Å². The molecule has 1 saturated carbocycles. The molecule has 2 aliphatic rings. The van der Waals surface area contributed by atoms with Crippen LogP contribution in [0.3, 0.4) is 0 Å². The predicted octanol–water partition coefficient (Wildman–Crippen LogP) is 2.44. The molecule has 0 spiro atoms. The highest BCUT2D eigenvalue weighted by atomic mass is 19.1. The highest BCUT2D eigenvalue weighted by molar-refractivity contribution is 6.35. The number of ether oxygens (including phenoxy) is 1. The summed E-state index contributed by atoms with van der Waals surface area (Å²) in [5.74, 6) is -1.44. The molecule has 0 bridgehead atoms. The normalized spacial score (nSPS) is 20.3. The van der Waals surface area contributed by atoms with Gasteiger partial charge >= 0.3 is 11.8 Å². The second kappa shape index (κ2) is 8.62. The summed E-state index contributed by atoms with van der Waals surface area (Å²) in [5, 5.41) is 5.64. The zero-order chi connectivity index (χ0) is 18.4. The molecule has 0 radical (unpaired) electrons. The van der Waals surface area contributed by atoms with E-state index in [9.17, 15) is 14.0 Å². The number of halogens is 1. The number of rotatable bonds is 4. The van der Waals surface area contributed by atoms with Crippen LogP contribution in [-0.2, 0) is 19.7 Å². The van der Waals surface area contributed by atoms with Crippen molar-refractivity contribution in [1.82, 2.24) is 10.6 Å². The summed E-state index contributed by atoms with van der Waals surface area (Å²) in [5.41, 5.74) is 0.641. The van der Waals surface area contributed by atoms with Crippen molar-refractivity contribution >= 4 is 11.8 Å². The van der Waals surface area contributed by atoms with Gasteiger partial charge in [-0.05, 0) is 43.4 Å². The highest BCUT2D eigenvalue weighted by Gasteiger charge is 2.35. The topological polar surface area (TPSA) is 67.4 Å². The van der Waals surface area contributed by atoms with Gasteiger partial charge in [-0.1, -0.05) is 31.4 Å². The van der Waals surface area contributed by atoms with Crippen molar-refractivity contribution in [3.8, 4) is 0 Å². The molecule has 142 valence electrons. The molecule has 1 aromatic carbocycles. The molecule has 1 aliphatic carbocycles. The molecule has 0 unspecified atom stereocenters. The maximum Gasteiger partial charge on any atom is 0.309 e. The lowest BCUT2D eigenvalue weighted by molar-refractivity contribution is -0.140. The molecule has 5 nitrogen and oxygen atoms in total. The van der Waals surface area contributed by atoms with Crippen LogP contribution < -0.4 is 10.6 Å². The monoisotopic (exact) mass is 362 g/mol. The molecular formula is C20H27FN2O3. The van der Waals surface area contributed by atoms with E-state index in [1.807, 2.05) is 0 Å². The molecule has 0 atom stereocenters. The lowest BCUT2D eigenvalue weighted by Crippen LogP contribution is -2.50. The molecule has 6 heteroatoms. The Morgan fingerprint density at radius 2 is 1.69 bits per heavy atom. The first-order valence-corrected chi connectivity index (χ1v) is 9.52. The van der Waals surface area contributed by atoms with Crippen molar-refractivity contribution < 1.29 is 18.7 Å². The highest BCUT2D eigenvalue weighted by Crippen LogP contribution is 2.34. The smallest absolute Gasteiger partial charge is 0.309 e. The number of hydrogen-bond donors (Lipinski definition) is 2. The van der Waals surface area contributed by atoms with Gasteiger partial charge in [0.25, 0.3) is 0 Å². The van der Waals surface area contributed by atoms with E-state index in [-0.39, 0.29) is 17.3 Å². The number of carbonyl (C=O) groups is 2. The second-order valence-corrected chi connectivity index (χ2v) is 7.39. The average Bonchev–Trinajstić information content (AvgIpc) is 2.68. The first-order chi connectivity index (χ1) is 12.6. The van der Waals surface area contributed by atoms with Gasteiger partial charge in [0.05, 0.1) is 0 Å². The molecule has 2 amide bonds. The van der Waals surface area contributed by atoms with Crippen molar-refractivity contribution in [3.63, 3.8) is 0 Å². The fourth-order valence-electron chi connectivity index (χ4n) is 3.96. The standard InChI is InChI=1S/C20H27FN2O3/c21-16-8-6-15(7-9-16)20(10-12-26-13-11-20)14-22-18(24)19(25)23-17-4-2-1-3-5-17/h6-9,17H,1-5,10-14H2,(H,22,24)(H,23,25). The van der Waals surface area contributed by atoms with Crippen molar-refractivity contribution in [1.29, 1.82) is 0 Å². The summed E-state index contributed by atoms with van der Waals surface area (Å²) in [6, 6.07) is 6.49. The molecule has 1 heterocycles.